The molecule has 0 saturated heterocycles. The maximum atomic E-state index is 16.3. The largest absolute Gasteiger partial charge is 0.506 e. The molecule has 4 aromatic carbocycles. The van der Waals surface area contributed by atoms with Gasteiger partial charge in [-0.25, -0.2) is 26.0 Å². The Labute approximate surface area is 262 Å². The summed E-state index contributed by atoms with van der Waals surface area (Å²) in [6.45, 7) is 3.53. The van der Waals surface area contributed by atoms with E-state index in [0.717, 1.165) is 16.5 Å². The number of hydrogen-bond donors (Lipinski definition) is 2. The molecule has 238 valence electrons. The van der Waals surface area contributed by atoms with E-state index in [1.165, 1.54) is 30.3 Å². The van der Waals surface area contributed by atoms with E-state index in [1.807, 2.05) is 30.3 Å². The number of aromatic hydroxyl groups is 1. The molecule has 7 nitrogen and oxygen atoms in total. The van der Waals surface area contributed by atoms with Gasteiger partial charge in [0.25, 0.3) is 5.91 Å². The maximum absolute atomic E-state index is 16.3. The third-order valence-corrected chi connectivity index (χ3v) is 10.2. The zero-order valence-corrected chi connectivity index (χ0v) is 25.5. The Morgan fingerprint density at radius 3 is 2.33 bits per heavy atom. The lowest BCUT2D eigenvalue weighted by Crippen LogP contribution is -2.42. The van der Waals surface area contributed by atoms with Crippen molar-refractivity contribution in [3.63, 3.8) is 0 Å². The lowest BCUT2D eigenvalue weighted by atomic mass is 9.88. The third-order valence-electron chi connectivity index (χ3n) is 7.89. The average molecular weight is 653 g/mol. The summed E-state index contributed by atoms with van der Waals surface area (Å²) in [5.74, 6) is -7.47. The number of sulfone groups is 1. The van der Waals surface area contributed by atoms with Gasteiger partial charge in [-0.3, -0.25) is 9.69 Å². The number of amides is 1. The zero-order chi connectivity index (χ0) is 33.0. The molecule has 0 spiro atoms. The Kier molecular flexibility index (Phi) is 7.79. The van der Waals surface area contributed by atoms with Crippen molar-refractivity contribution in [3.8, 4) is 11.5 Å². The molecular weight excluding hydrogens is 624 g/mol. The number of rotatable bonds is 5. The van der Waals surface area contributed by atoms with Gasteiger partial charge < -0.3 is 15.2 Å². The van der Waals surface area contributed by atoms with Gasteiger partial charge in [-0.05, 0) is 41.7 Å². The molecule has 0 bridgehead atoms. The van der Waals surface area contributed by atoms with Gasteiger partial charge in [0.15, 0.2) is 9.84 Å². The second kappa shape index (κ2) is 11.5. The first-order chi connectivity index (χ1) is 21.8. The van der Waals surface area contributed by atoms with Gasteiger partial charge in [-0.1, -0.05) is 50.2 Å². The predicted molar refractivity (Wildman–Crippen MR) is 164 cm³/mol. The van der Waals surface area contributed by atoms with Crippen LogP contribution in [0.4, 0.5) is 28.9 Å². The van der Waals surface area contributed by atoms with Crippen LogP contribution >= 0.6 is 0 Å². The summed E-state index contributed by atoms with van der Waals surface area (Å²) in [6, 6.07) is 15.5. The van der Waals surface area contributed by atoms with Gasteiger partial charge in [0.05, 0.1) is 16.3 Å². The van der Waals surface area contributed by atoms with Crippen LogP contribution in [0.25, 0.3) is 0 Å². The number of anilines is 2. The van der Waals surface area contributed by atoms with Crippen molar-refractivity contribution in [2.45, 2.75) is 32.9 Å². The first kappa shape index (κ1) is 31.2. The highest BCUT2D eigenvalue weighted by Gasteiger charge is 2.48. The third kappa shape index (κ3) is 5.68. The fourth-order valence-corrected chi connectivity index (χ4v) is 8.39. The van der Waals surface area contributed by atoms with Gasteiger partial charge in [0.1, 0.15) is 58.7 Å². The van der Waals surface area contributed by atoms with E-state index in [9.17, 15) is 22.7 Å². The Morgan fingerprint density at radius 1 is 0.957 bits per heavy atom. The molecular formula is C34H28F4N2O5S. The highest BCUT2D eigenvalue weighted by atomic mass is 32.2. The second-order valence-corrected chi connectivity index (χ2v) is 14.0. The number of fused-ring (bicyclic) bond motifs is 1. The number of phenolic OH excluding ortho intramolecular Hbond substituents is 1. The molecule has 46 heavy (non-hydrogen) atoms. The summed E-state index contributed by atoms with van der Waals surface area (Å²) < 4.78 is 94.3. The fraction of sp³-hybridized carbons (Fsp3) is 0.206. The standard InChI is InChI=1S/C34H28F4N2O5S/c1-34(2)16-26-32(46(43,44)18-34)31(22-12-11-21(15-23(22)36)45-17-19-7-4-3-5-8-19)40(27-9-6-10-28(41)30(27)39-26)33(42)29-24(37)13-20(35)14-25(29)38/h3-15,31,39,41H,16-18H2,1-2H3. The van der Waals surface area contributed by atoms with E-state index in [2.05, 4.69) is 5.32 Å². The Hall–Kier alpha value is -4.84. The molecule has 0 radical (unpaired) electrons. The zero-order valence-electron chi connectivity index (χ0n) is 24.7. The molecule has 2 aliphatic rings. The summed E-state index contributed by atoms with van der Waals surface area (Å²) in [5.41, 5.74) is -1.78. The van der Waals surface area contributed by atoms with E-state index in [-0.39, 0.29) is 47.2 Å². The molecule has 0 saturated carbocycles. The maximum Gasteiger partial charge on any atom is 0.265 e. The SMILES string of the molecule is CC1(C)CC2=C(C(c3ccc(OCc4ccccc4)cc3F)N(C(=O)c3c(F)cc(F)cc3F)c3cccc(O)c3N2)S(=O)(=O)C1. The summed E-state index contributed by atoms with van der Waals surface area (Å²) in [5, 5.41) is 13.8. The molecule has 2 aliphatic heterocycles. The van der Waals surface area contributed by atoms with Gasteiger partial charge in [-0.2, -0.15) is 0 Å². The van der Waals surface area contributed by atoms with Crippen molar-refractivity contribution in [1.82, 2.24) is 0 Å². The first-order valence-electron chi connectivity index (χ1n) is 14.2. The molecule has 4 aromatic rings. The minimum Gasteiger partial charge on any atom is -0.506 e. The number of ether oxygens (including phenoxy) is 1. The van der Waals surface area contributed by atoms with Crippen molar-refractivity contribution in [2.24, 2.45) is 5.41 Å². The Bertz CT molecular complexity index is 1990. The van der Waals surface area contributed by atoms with Crippen LogP contribution < -0.4 is 15.0 Å². The topological polar surface area (TPSA) is 95.9 Å². The molecule has 1 atom stereocenters. The molecule has 12 heteroatoms. The van der Waals surface area contributed by atoms with Crippen LogP contribution in [0.2, 0.25) is 0 Å². The number of benzene rings is 4. The number of nitrogens with one attached hydrogen (secondary N) is 1. The molecule has 1 unspecified atom stereocenters. The Morgan fingerprint density at radius 2 is 1.65 bits per heavy atom. The normalized spacial score (nSPS) is 18.2. The van der Waals surface area contributed by atoms with Crippen molar-refractivity contribution < 1.29 is 40.6 Å². The average Bonchev–Trinajstić information content (AvgIpc) is 3.10. The number of para-hydroxylation sites is 1. The van der Waals surface area contributed by atoms with Crippen molar-refractivity contribution >= 4 is 27.1 Å². The highest BCUT2D eigenvalue weighted by Crippen LogP contribution is 2.52. The number of carbonyl (C=O) groups excluding carboxylic acids is 1. The molecule has 0 aromatic heterocycles. The summed E-state index contributed by atoms with van der Waals surface area (Å²) in [6.07, 6.45) is 0.104. The number of hydrogen-bond acceptors (Lipinski definition) is 6. The lowest BCUT2D eigenvalue weighted by Gasteiger charge is -2.37. The number of halogens is 4. The van der Waals surface area contributed by atoms with Crippen molar-refractivity contribution in [1.29, 1.82) is 0 Å². The highest BCUT2D eigenvalue weighted by molar-refractivity contribution is 7.95. The van der Waals surface area contributed by atoms with Crippen molar-refractivity contribution in [2.75, 3.05) is 16.0 Å². The van der Waals surface area contributed by atoms with Crippen LogP contribution in [-0.2, 0) is 16.4 Å². The van der Waals surface area contributed by atoms with Crippen LogP contribution in [0.1, 0.15) is 47.8 Å². The van der Waals surface area contributed by atoms with E-state index in [4.69, 9.17) is 4.74 Å². The number of carbonyl (C=O) groups is 1. The number of allylic oxidation sites excluding steroid dienone is 1. The first-order valence-corrected chi connectivity index (χ1v) is 15.9. The molecule has 0 fully saturated rings. The number of nitrogens with zero attached hydrogens (tertiary/aromatic N) is 1. The summed E-state index contributed by atoms with van der Waals surface area (Å²) in [7, 11) is -4.30. The quantitative estimate of drug-likeness (QED) is 0.172. The fourth-order valence-electron chi connectivity index (χ4n) is 6.04. The van der Waals surface area contributed by atoms with E-state index < -0.39 is 66.7 Å². The molecule has 0 aliphatic carbocycles. The van der Waals surface area contributed by atoms with E-state index in [0.29, 0.717) is 12.1 Å². The Balaban J connectivity index is 1.59. The van der Waals surface area contributed by atoms with Crippen LogP contribution in [0, 0.1) is 28.7 Å². The van der Waals surface area contributed by atoms with Gasteiger partial charge in [0.2, 0.25) is 0 Å². The van der Waals surface area contributed by atoms with E-state index >= 15 is 13.2 Å². The van der Waals surface area contributed by atoms with Crippen LogP contribution in [0.5, 0.6) is 11.5 Å². The van der Waals surface area contributed by atoms with Crippen LogP contribution in [-0.4, -0.2) is 25.2 Å². The summed E-state index contributed by atoms with van der Waals surface area (Å²) >= 11 is 0. The number of phenols is 1. The molecule has 6 rings (SSSR count). The van der Waals surface area contributed by atoms with E-state index in [1.54, 1.807) is 13.8 Å². The predicted octanol–water partition coefficient (Wildman–Crippen LogP) is 7.40. The minimum atomic E-state index is -4.30. The summed E-state index contributed by atoms with van der Waals surface area (Å²) in [4.78, 5) is 14.6. The smallest absolute Gasteiger partial charge is 0.265 e. The van der Waals surface area contributed by atoms with Crippen LogP contribution in [0.15, 0.2) is 89.5 Å². The van der Waals surface area contributed by atoms with Crippen molar-refractivity contribution in [3.05, 3.63) is 129 Å². The van der Waals surface area contributed by atoms with Gasteiger partial charge in [0, 0.05) is 29.5 Å². The van der Waals surface area contributed by atoms with Crippen LogP contribution in [0.3, 0.4) is 0 Å². The molecule has 2 heterocycles. The lowest BCUT2D eigenvalue weighted by molar-refractivity contribution is 0.0972. The molecule has 2 N–H and O–H groups in total. The van der Waals surface area contributed by atoms with Gasteiger partial charge >= 0.3 is 0 Å². The monoisotopic (exact) mass is 652 g/mol. The minimum absolute atomic E-state index is 0.0724. The molecule has 1 amide bonds. The second-order valence-electron chi connectivity index (χ2n) is 12.0. The van der Waals surface area contributed by atoms with Gasteiger partial charge in [-0.15, -0.1) is 0 Å².